The van der Waals surface area contributed by atoms with Crippen LogP contribution >= 0.6 is 11.3 Å². The highest BCUT2D eigenvalue weighted by Gasteiger charge is 2.48. The Morgan fingerprint density at radius 3 is 2.58 bits per heavy atom. The maximum absolute atomic E-state index is 15.7. The van der Waals surface area contributed by atoms with Crippen molar-refractivity contribution < 1.29 is 45.9 Å². The zero-order chi connectivity index (χ0) is 55.8. The number of sulfone groups is 1. The average molecular weight is 1120 g/mol. The number of nitrogens with zero attached hydrogens (tertiary/aromatic N) is 8. The number of likely N-dealkylation sites (tertiary alicyclic amines) is 2. The van der Waals surface area contributed by atoms with Crippen LogP contribution in [-0.2, 0) is 44.3 Å². The summed E-state index contributed by atoms with van der Waals surface area (Å²) in [5.41, 5.74) is 5.11. The molecule has 5 aromatic heterocycles. The summed E-state index contributed by atoms with van der Waals surface area (Å²) >= 11 is 1.54. The van der Waals surface area contributed by atoms with Gasteiger partial charge in [-0.15, -0.1) is 11.3 Å². The molecule has 20 nitrogen and oxygen atoms in total. The molecular weight excluding hydrogens is 1060 g/mol. The van der Waals surface area contributed by atoms with Gasteiger partial charge < -0.3 is 44.4 Å². The number of hydrogen-bond donors (Lipinski definition) is 4. The topological polar surface area (TPSA) is 251 Å². The number of aryl methyl sites for hydroxylation is 2. The van der Waals surface area contributed by atoms with Gasteiger partial charge >= 0.3 is 0 Å². The van der Waals surface area contributed by atoms with Crippen LogP contribution < -0.4 is 25.8 Å². The molecule has 412 valence electrons. The van der Waals surface area contributed by atoms with E-state index in [1.165, 1.54) is 28.5 Å². The first-order valence-electron chi connectivity index (χ1n) is 25.8. The Balaban J connectivity index is 0.759. The van der Waals surface area contributed by atoms with Crippen molar-refractivity contribution in [2.45, 2.75) is 82.5 Å². The number of rotatable bonds is 15. The number of thiazole rings is 1. The minimum atomic E-state index is -3.72. The molecule has 0 bridgehead atoms. The standard InChI is InChI=1S/C55H57F2N11O9S2/c1-28(2)45(53(72)68-25-36(69)17-42(68)49-62-54(73)55(4,63-49)33-9-7-30(8-10-33)48-29(3)60-27-78-48)43-19-44(64-77-43)76-14-13-66-12-11-35(24-66)61-51(70)37-18-41-38(15-31(37)26-79(6,74)75)39-21-59-52(71)47-46(39)32(22-65(47)5)23-67(41)50-40(57)16-34(56)20-58-50/h7-10,15-16,18-22,27-28,35-36,42,45,69H,11-14,17,23-26H2,1-6H3,(H,59,71)(H,61,70)(H,62,63,73)/t35-,36+,42-,45?,55+/m0/s1. The summed E-state index contributed by atoms with van der Waals surface area (Å²) in [5, 5.41) is 21.6. The summed E-state index contributed by atoms with van der Waals surface area (Å²) in [7, 11) is -2.02. The van der Waals surface area contributed by atoms with Gasteiger partial charge in [0.25, 0.3) is 23.3 Å². The van der Waals surface area contributed by atoms with Crippen LogP contribution in [0.15, 0.2) is 86.9 Å². The first-order chi connectivity index (χ1) is 37.6. The largest absolute Gasteiger partial charge is 0.474 e. The number of aromatic amines is 1. The number of ether oxygens (including phenoxy) is 1. The number of fused-ring (bicyclic) bond motifs is 2. The minimum Gasteiger partial charge on any atom is -0.474 e. The number of hydrogen-bond acceptors (Lipinski definition) is 16. The van der Waals surface area contributed by atoms with Gasteiger partial charge in [0.05, 0.1) is 52.4 Å². The summed E-state index contributed by atoms with van der Waals surface area (Å²) in [6.07, 6.45) is 5.05. The molecule has 0 radical (unpaired) electrons. The number of carbonyl (C=O) groups is 3. The Hall–Kier alpha value is -7.67. The molecule has 2 fully saturated rings. The third-order valence-electron chi connectivity index (χ3n) is 15.3. The Bertz CT molecular complexity index is 3800. The molecule has 24 heteroatoms. The Morgan fingerprint density at radius 1 is 1.08 bits per heavy atom. The summed E-state index contributed by atoms with van der Waals surface area (Å²) in [6.45, 7) is 9.03. The Labute approximate surface area is 456 Å². The predicted molar refractivity (Wildman–Crippen MR) is 291 cm³/mol. The number of H-pyrrole nitrogens is 1. The van der Waals surface area contributed by atoms with Crippen LogP contribution in [0, 0.1) is 24.5 Å². The van der Waals surface area contributed by atoms with Gasteiger partial charge in [0, 0.05) is 98.5 Å². The fourth-order valence-electron chi connectivity index (χ4n) is 11.5. The second-order valence-corrected chi connectivity index (χ2v) is 24.3. The number of aliphatic imine (C=N–C) groups is 1. The third kappa shape index (κ3) is 10.1. The van der Waals surface area contributed by atoms with Gasteiger partial charge in [0.15, 0.2) is 32.8 Å². The lowest BCUT2D eigenvalue weighted by atomic mass is 9.91. The van der Waals surface area contributed by atoms with Crippen LogP contribution in [0.25, 0.3) is 32.5 Å². The summed E-state index contributed by atoms with van der Waals surface area (Å²) in [6, 6.07) is 11.9. The van der Waals surface area contributed by atoms with E-state index in [1.807, 2.05) is 45.0 Å². The number of amidine groups is 1. The zero-order valence-electron chi connectivity index (χ0n) is 44.0. The number of β-amino-alcohol motifs (C(OH)–C–C–N with tert-alkyl or cyclic N) is 1. The van der Waals surface area contributed by atoms with E-state index in [0.717, 1.165) is 28.6 Å². The molecule has 0 spiro atoms. The molecule has 11 rings (SSSR count). The van der Waals surface area contributed by atoms with E-state index >= 15 is 4.39 Å². The molecule has 2 aromatic carbocycles. The monoisotopic (exact) mass is 1120 g/mol. The van der Waals surface area contributed by atoms with E-state index in [0.29, 0.717) is 71.1 Å². The van der Waals surface area contributed by atoms with E-state index in [9.17, 15) is 37.1 Å². The number of benzene rings is 2. The number of amides is 3. The van der Waals surface area contributed by atoms with Gasteiger partial charge in [-0.25, -0.2) is 32.2 Å². The Kier molecular flexibility index (Phi) is 13.9. The van der Waals surface area contributed by atoms with Gasteiger partial charge in [-0.1, -0.05) is 38.1 Å². The fourth-order valence-corrected chi connectivity index (χ4v) is 13.1. The number of aliphatic hydroxyl groups is 1. The highest BCUT2D eigenvalue weighted by molar-refractivity contribution is 7.89. The van der Waals surface area contributed by atoms with Crippen molar-refractivity contribution in [2.24, 2.45) is 18.0 Å². The van der Waals surface area contributed by atoms with Gasteiger partial charge in [-0.05, 0) is 65.7 Å². The fraction of sp³-hybridized carbons (Fsp3) is 0.382. The van der Waals surface area contributed by atoms with E-state index in [2.05, 4.69) is 35.6 Å². The number of carbonyl (C=O) groups excluding carboxylic acids is 3. The van der Waals surface area contributed by atoms with Crippen molar-refractivity contribution in [2.75, 3.05) is 43.9 Å². The molecule has 4 aliphatic heterocycles. The molecular formula is C55H57F2N11O9S2. The van der Waals surface area contributed by atoms with E-state index in [-0.39, 0.29) is 89.7 Å². The first-order valence-corrected chi connectivity index (χ1v) is 28.7. The van der Waals surface area contributed by atoms with Crippen LogP contribution in [0.5, 0.6) is 5.88 Å². The predicted octanol–water partition coefficient (Wildman–Crippen LogP) is 5.85. The molecule has 2 saturated heterocycles. The van der Waals surface area contributed by atoms with E-state index in [1.54, 1.807) is 47.3 Å². The van der Waals surface area contributed by atoms with Crippen LogP contribution in [0.4, 0.5) is 20.3 Å². The van der Waals surface area contributed by atoms with Gasteiger partial charge in [-0.2, -0.15) is 0 Å². The number of anilines is 2. The average Bonchev–Trinajstić information content (AvgIpc) is 4.10. The molecule has 7 aromatic rings. The quantitative estimate of drug-likeness (QED) is 0.0941. The smallest absolute Gasteiger partial charge is 0.272 e. The van der Waals surface area contributed by atoms with Gasteiger partial charge in [-0.3, -0.25) is 24.1 Å². The molecule has 4 N–H and O–H groups in total. The van der Waals surface area contributed by atoms with E-state index in [4.69, 9.17) is 14.3 Å². The Morgan fingerprint density at radius 2 is 1.86 bits per heavy atom. The van der Waals surface area contributed by atoms with Crippen LogP contribution in [0.1, 0.15) is 78.0 Å². The third-order valence-corrected chi connectivity index (χ3v) is 17.1. The highest BCUT2D eigenvalue weighted by Crippen LogP contribution is 2.46. The minimum absolute atomic E-state index is 0.0244. The SMILES string of the molecule is Cc1ncsc1-c1ccc([C@@]2(C)N=C([C@@H]3C[C@@H](O)CN3C(=O)C(c3cc(OCCN4CC[C@H](NC(=O)c5cc6c(cc5CS(C)(=O)=O)-c5c[nH]c(=O)c7c5c(cn7C)CN6c5ncc(F)cc5F)C4)no3)C(C)C)NC2=O)cc1. The van der Waals surface area contributed by atoms with Crippen molar-refractivity contribution >= 4 is 67.1 Å². The van der Waals surface area contributed by atoms with Crippen LogP contribution in [0.3, 0.4) is 0 Å². The number of halogens is 2. The number of pyridine rings is 2. The number of nitrogens with one attached hydrogen (secondary N) is 3. The zero-order valence-corrected chi connectivity index (χ0v) is 45.7. The molecule has 9 heterocycles. The second-order valence-electron chi connectivity index (χ2n) is 21.3. The molecule has 0 aliphatic carbocycles. The molecule has 0 saturated carbocycles. The maximum Gasteiger partial charge on any atom is 0.272 e. The summed E-state index contributed by atoms with van der Waals surface area (Å²) < 4.78 is 69.3. The molecule has 1 unspecified atom stereocenters. The summed E-state index contributed by atoms with van der Waals surface area (Å²) in [5.74, 6) is -4.18. The van der Waals surface area contributed by atoms with Gasteiger partial charge in [0.2, 0.25) is 5.91 Å². The van der Waals surface area contributed by atoms with Crippen molar-refractivity contribution in [1.82, 2.24) is 45.1 Å². The summed E-state index contributed by atoms with van der Waals surface area (Å²) in [4.78, 5) is 78.0. The lowest BCUT2D eigenvalue weighted by Gasteiger charge is -2.29. The van der Waals surface area contributed by atoms with E-state index < -0.39 is 56.7 Å². The molecule has 79 heavy (non-hydrogen) atoms. The number of aliphatic hydroxyl groups excluding tert-OH is 1. The lowest BCUT2D eigenvalue weighted by Crippen LogP contribution is -2.48. The van der Waals surface area contributed by atoms with Crippen molar-refractivity contribution in [1.29, 1.82) is 0 Å². The molecule has 5 atom stereocenters. The van der Waals surface area contributed by atoms with Crippen molar-refractivity contribution in [3.05, 3.63) is 128 Å². The number of aromatic nitrogens is 5. The molecule has 4 aliphatic rings. The van der Waals surface area contributed by atoms with Crippen molar-refractivity contribution in [3.63, 3.8) is 0 Å². The molecule has 3 amide bonds. The van der Waals surface area contributed by atoms with Crippen LogP contribution in [0.2, 0.25) is 0 Å². The van der Waals surface area contributed by atoms with Crippen molar-refractivity contribution in [3.8, 4) is 27.4 Å². The highest BCUT2D eigenvalue weighted by atomic mass is 32.2. The lowest BCUT2D eigenvalue weighted by molar-refractivity contribution is -0.134. The normalized spacial score (nSPS) is 20.7. The maximum atomic E-state index is 15.7. The second kappa shape index (κ2) is 20.5. The van der Waals surface area contributed by atoms with Gasteiger partial charge in [0.1, 0.15) is 29.7 Å². The van der Waals surface area contributed by atoms with Crippen LogP contribution in [-0.4, -0.2) is 129 Å². The first kappa shape index (κ1) is 53.3.